The van der Waals surface area contributed by atoms with Crippen LogP contribution in [0.4, 0.5) is 10.5 Å². The highest BCUT2D eigenvalue weighted by Crippen LogP contribution is 2.24. The van der Waals surface area contributed by atoms with Gasteiger partial charge < -0.3 is 10.2 Å². The van der Waals surface area contributed by atoms with E-state index in [1.54, 1.807) is 0 Å². The summed E-state index contributed by atoms with van der Waals surface area (Å²) in [5.41, 5.74) is 2.33. The second-order valence-electron chi connectivity index (χ2n) is 4.96. The summed E-state index contributed by atoms with van der Waals surface area (Å²) in [6.07, 6.45) is 1.03. The highest BCUT2D eigenvalue weighted by Gasteiger charge is 2.38. The van der Waals surface area contributed by atoms with Crippen LogP contribution in [0.1, 0.15) is 12.5 Å². The van der Waals surface area contributed by atoms with Gasteiger partial charge in [-0.3, -0.25) is 4.90 Å². The van der Waals surface area contributed by atoms with Crippen molar-refractivity contribution in [3.8, 4) is 0 Å². The van der Waals surface area contributed by atoms with Crippen LogP contribution in [0.5, 0.6) is 0 Å². The number of anilines is 1. The average molecular weight is 282 g/mol. The van der Waals surface area contributed by atoms with E-state index in [9.17, 15) is 4.79 Å². The SMILES string of the molecule is CCc1ccc(N2CC3CNCCN3C2=O)cc1.Cl. The number of nitrogens with zero attached hydrogens (tertiary/aromatic N) is 2. The Bertz CT molecular complexity index is 449. The number of halogens is 1. The van der Waals surface area contributed by atoms with Gasteiger partial charge in [0.05, 0.1) is 6.04 Å². The summed E-state index contributed by atoms with van der Waals surface area (Å²) in [6.45, 7) is 5.59. The lowest BCUT2D eigenvalue weighted by atomic mass is 10.1. The van der Waals surface area contributed by atoms with Crippen LogP contribution in [-0.4, -0.2) is 43.2 Å². The highest BCUT2D eigenvalue weighted by atomic mass is 35.5. The van der Waals surface area contributed by atoms with Crippen LogP contribution in [0.2, 0.25) is 0 Å². The van der Waals surface area contributed by atoms with Crippen LogP contribution in [0, 0.1) is 0 Å². The third kappa shape index (κ3) is 2.55. The summed E-state index contributed by atoms with van der Waals surface area (Å²) >= 11 is 0. The lowest BCUT2D eigenvalue weighted by molar-refractivity contribution is 0.193. The van der Waals surface area contributed by atoms with Crippen molar-refractivity contribution in [2.75, 3.05) is 31.1 Å². The molecule has 104 valence electrons. The summed E-state index contributed by atoms with van der Waals surface area (Å²) in [5.74, 6) is 0. The fourth-order valence-corrected chi connectivity index (χ4v) is 2.75. The Labute approximate surface area is 120 Å². The number of benzene rings is 1. The molecule has 2 fully saturated rings. The standard InChI is InChI=1S/C14H19N3O.ClH/c1-2-11-3-5-12(6-4-11)17-10-13-9-15-7-8-16(13)14(17)18;/h3-6,13,15H,2,7-10H2,1H3;1H. The predicted octanol–water partition coefficient (Wildman–Crippen LogP) is 1.88. The van der Waals surface area contributed by atoms with E-state index in [4.69, 9.17) is 0 Å². The first kappa shape index (κ1) is 14.2. The van der Waals surface area contributed by atoms with Crippen LogP contribution >= 0.6 is 12.4 Å². The number of amides is 2. The molecule has 1 atom stereocenters. The Hall–Kier alpha value is -1.26. The first-order valence-electron chi connectivity index (χ1n) is 6.67. The third-order valence-corrected chi connectivity index (χ3v) is 3.88. The van der Waals surface area contributed by atoms with Gasteiger partial charge in [-0.1, -0.05) is 19.1 Å². The Kier molecular flexibility index (Phi) is 4.32. The minimum absolute atomic E-state index is 0. The van der Waals surface area contributed by atoms with Crippen molar-refractivity contribution in [1.82, 2.24) is 10.2 Å². The minimum atomic E-state index is 0. The van der Waals surface area contributed by atoms with E-state index >= 15 is 0 Å². The van der Waals surface area contributed by atoms with Crippen molar-refractivity contribution < 1.29 is 4.79 Å². The third-order valence-electron chi connectivity index (χ3n) is 3.88. The van der Waals surface area contributed by atoms with Crippen LogP contribution in [-0.2, 0) is 6.42 Å². The molecule has 0 aliphatic carbocycles. The molecule has 3 rings (SSSR count). The summed E-state index contributed by atoms with van der Waals surface area (Å²) < 4.78 is 0. The Morgan fingerprint density at radius 3 is 2.68 bits per heavy atom. The maximum Gasteiger partial charge on any atom is 0.324 e. The molecule has 2 aliphatic rings. The summed E-state index contributed by atoms with van der Waals surface area (Å²) in [7, 11) is 0. The largest absolute Gasteiger partial charge is 0.324 e. The first-order chi connectivity index (χ1) is 8.79. The number of nitrogens with one attached hydrogen (secondary N) is 1. The zero-order valence-corrected chi connectivity index (χ0v) is 11.9. The van der Waals surface area contributed by atoms with Crippen molar-refractivity contribution in [2.24, 2.45) is 0 Å². The van der Waals surface area contributed by atoms with E-state index < -0.39 is 0 Å². The van der Waals surface area contributed by atoms with Crippen molar-refractivity contribution in [1.29, 1.82) is 0 Å². The number of hydrogen-bond acceptors (Lipinski definition) is 2. The van der Waals surface area contributed by atoms with Gasteiger partial charge in [-0.15, -0.1) is 12.4 Å². The Balaban J connectivity index is 0.00000133. The van der Waals surface area contributed by atoms with Gasteiger partial charge in [0.1, 0.15) is 0 Å². The molecule has 0 saturated carbocycles. The van der Waals surface area contributed by atoms with Crippen LogP contribution in [0.15, 0.2) is 24.3 Å². The van der Waals surface area contributed by atoms with E-state index in [0.717, 1.165) is 38.3 Å². The molecule has 0 aromatic heterocycles. The van der Waals surface area contributed by atoms with Crippen LogP contribution < -0.4 is 10.2 Å². The highest BCUT2D eigenvalue weighted by molar-refractivity contribution is 5.94. The molecule has 2 heterocycles. The topological polar surface area (TPSA) is 35.6 Å². The second-order valence-corrected chi connectivity index (χ2v) is 4.96. The number of carbonyl (C=O) groups excluding carboxylic acids is 1. The molecule has 4 nitrogen and oxygen atoms in total. The molecule has 1 N–H and O–H groups in total. The molecule has 2 saturated heterocycles. The zero-order chi connectivity index (χ0) is 12.5. The van der Waals surface area contributed by atoms with Gasteiger partial charge in [0.2, 0.25) is 0 Å². The normalized spacial score (nSPS) is 22.2. The molecule has 5 heteroatoms. The molecule has 19 heavy (non-hydrogen) atoms. The molecule has 2 amide bonds. The first-order valence-corrected chi connectivity index (χ1v) is 6.67. The maximum absolute atomic E-state index is 12.3. The van der Waals surface area contributed by atoms with Crippen molar-refractivity contribution in [3.05, 3.63) is 29.8 Å². The number of fused-ring (bicyclic) bond motifs is 1. The average Bonchev–Trinajstić information content (AvgIpc) is 2.77. The van der Waals surface area contributed by atoms with Gasteiger partial charge in [0.15, 0.2) is 0 Å². The molecule has 2 aliphatic heterocycles. The van der Waals surface area contributed by atoms with Gasteiger partial charge >= 0.3 is 6.03 Å². The van der Waals surface area contributed by atoms with Gasteiger partial charge in [0, 0.05) is 31.9 Å². The molecule has 0 spiro atoms. The second kappa shape index (κ2) is 5.80. The zero-order valence-electron chi connectivity index (χ0n) is 11.1. The molecule has 1 aromatic carbocycles. The molecular weight excluding hydrogens is 262 g/mol. The van der Waals surface area contributed by atoms with E-state index in [0.29, 0.717) is 6.04 Å². The van der Waals surface area contributed by atoms with Gasteiger partial charge in [0.25, 0.3) is 0 Å². The smallest absolute Gasteiger partial charge is 0.317 e. The van der Waals surface area contributed by atoms with E-state index in [2.05, 4.69) is 36.5 Å². The molecular formula is C14H20ClN3O. The molecule has 1 unspecified atom stereocenters. The monoisotopic (exact) mass is 281 g/mol. The van der Waals surface area contributed by atoms with E-state index in [-0.39, 0.29) is 18.4 Å². The number of aryl methyl sites for hydroxylation is 1. The van der Waals surface area contributed by atoms with Crippen molar-refractivity contribution in [2.45, 2.75) is 19.4 Å². The molecule has 0 radical (unpaired) electrons. The fourth-order valence-electron chi connectivity index (χ4n) is 2.75. The summed E-state index contributed by atoms with van der Waals surface area (Å²) in [5, 5.41) is 3.35. The molecule has 1 aromatic rings. The maximum atomic E-state index is 12.3. The van der Waals surface area contributed by atoms with Crippen molar-refractivity contribution >= 4 is 24.1 Å². The quantitative estimate of drug-likeness (QED) is 0.898. The Morgan fingerprint density at radius 1 is 1.32 bits per heavy atom. The predicted molar refractivity (Wildman–Crippen MR) is 79.2 cm³/mol. The van der Waals surface area contributed by atoms with Gasteiger partial charge in [-0.25, -0.2) is 4.79 Å². The lowest BCUT2D eigenvalue weighted by Crippen LogP contribution is -2.49. The van der Waals surface area contributed by atoms with Crippen LogP contribution in [0.25, 0.3) is 0 Å². The number of carbonyl (C=O) groups is 1. The summed E-state index contributed by atoms with van der Waals surface area (Å²) in [4.78, 5) is 16.2. The van der Waals surface area contributed by atoms with Gasteiger partial charge in [-0.05, 0) is 24.1 Å². The fraction of sp³-hybridized carbons (Fsp3) is 0.500. The van der Waals surface area contributed by atoms with Gasteiger partial charge in [-0.2, -0.15) is 0 Å². The van der Waals surface area contributed by atoms with E-state index in [1.165, 1.54) is 5.56 Å². The number of rotatable bonds is 2. The van der Waals surface area contributed by atoms with E-state index in [1.807, 2.05) is 9.80 Å². The number of hydrogen-bond donors (Lipinski definition) is 1. The molecule has 0 bridgehead atoms. The Morgan fingerprint density at radius 2 is 2.05 bits per heavy atom. The number of piperazine rings is 1. The summed E-state index contributed by atoms with van der Waals surface area (Å²) in [6, 6.07) is 8.82. The van der Waals surface area contributed by atoms with Crippen LogP contribution in [0.3, 0.4) is 0 Å². The lowest BCUT2D eigenvalue weighted by Gasteiger charge is -2.28. The minimum Gasteiger partial charge on any atom is -0.317 e. The number of urea groups is 1. The van der Waals surface area contributed by atoms with Crippen molar-refractivity contribution in [3.63, 3.8) is 0 Å².